The first-order valence-electron chi connectivity index (χ1n) is 7.31. The Bertz CT molecular complexity index is 428. The van der Waals surface area contributed by atoms with Crippen LogP contribution in [0.15, 0.2) is 36.0 Å². The van der Waals surface area contributed by atoms with Gasteiger partial charge < -0.3 is 21.5 Å². The van der Waals surface area contributed by atoms with E-state index in [-0.39, 0.29) is 31.5 Å². The molecule has 5 N–H and O–H groups in total. The zero-order valence-corrected chi connectivity index (χ0v) is 13.4. The molecule has 6 heteroatoms. The molecule has 0 aliphatic carbocycles. The lowest BCUT2D eigenvalue weighted by molar-refractivity contribution is -0.116. The number of nitrogens with two attached hydrogens (primary N) is 2. The van der Waals surface area contributed by atoms with Crippen molar-refractivity contribution in [2.24, 2.45) is 11.5 Å². The van der Waals surface area contributed by atoms with Gasteiger partial charge in [0.05, 0.1) is 13.1 Å². The topological polar surface area (TPSA) is 107 Å². The fourth-order valence-electron chi connectivity index (χ4n) is 1.54. The zero-order valence-electron chi connectivity index (χ0n) is 13.4. The van der Waals surface area contributed by atoms with E-state index >= 15 is 0 Å². The van der Waals surface area contributed by atoms with Gasteiger partial charge in [-0.2, -0.15) is 0 Å². The molecule has 1 atom stereocenters. The Hall–Kier alpha value is -1.92. The lowest BCUT2D eigenvalue weighted by atomic mass is 10.1. The van der Waals surface area contributed by atoms with Crippen molar-refractivity contribution in [3.63, 3.8) is 0 Å². The van der Waals surface area contributed by atoms with E-state index in [0.717, 1.165) is 12.0 Å². The fraction of sp³-hybridized carbons (Fsp3) is 0.500. The molecule has 0 radical (unpaired) electrons. The molecule has 0 aliphatic rings. The maximum Gasteiger partial charge on any atom is 0.407 e. The van der Waals surface area contributed by atoms with E-state index in [9.17, 15) is 9.59 Å². The normalized spacial score (nSPS) is 13.5. The minimum Gasteiger partial charge on any atom is -0.448 e. The van der Waals surface area contributed by atoms with Gasteiger partial charge in [0.15, 0.2) is 5.78 Å². The van der Waals surface area contributed by atoms with Gasteiger partial charge in [0.25, 0.3) is 0 Å². The van der Waals surface area contributed by atoms with Crippen molar-refractivity contribution in [3.05, 3.63) is 36.0 Å². The number of hydrogen-bond donors (Lipinski definition) is 3. The Morgan fingerprint density at radius 3 is 2.68 bits per heavy atom. The van der Waals surface area contributed by atoms with Crippen LogP contribution in [0.5, 0.6) is 0 Å². The monoisotopic (exact) mass is 309 g/mol. The predicted octanol–water partition coefficient (Wildman–Crippen LogP) is 1.43. The summed E-state index contributed by atoms with van der Waals surface area (Å²) in [5.74, 6) is -0.260. The van der Waals surface area contributed by atoms with Crippen LogP contribution in [0.25, 0.3) is 0 Å². The molecule has 0 unspecified atom stereocenters. The highest BCUT2D eigenvalue weighted by Crippen LogP contribution is 2.04. The van der Waals surface area contributed by atoms with Gasteiger partial charge in [-0.05, 0) is 26.7 Å². The molecule has 1 amide bonds. The molecule has 0 aromatic rings. The molecule has 0 rings (SSSR count). The van der Waals surface area contributed by atoms with E-state index in [4.69, 9.17) is 16.2 Å². The Morgan fingerprint density at radius 1 is 1.32 bits per heavy atom. The molecule has 0 spiro atoms. The number of nitrogens with one attached hydrogen (secondary N) is 1. The van der Waals surface area contributed by atoms with Crippen LogP contribution in [0.1, 0.15) is 26.7 Å². The summed E-state index contributed by atoms with van der Waals surface area (Å²) in [5, 5.41) is 2.32. The van der Waals surface area contributed by atoms with Gasteiger partial charge in [-0.3, -0.25) is 4.79 Å². The van der Waals surface area contributed by atoms with Crippen LogP contribution in [0, 0.1) is 0 Å². The number of ketones is 1. The highest BCUT2D eigenvalue weighted by Gasteiger charge is 2.09. The van der Waals surface area contributed by atoms with Gasteiger partial charge in [-0.25, -0.2) is 4.79 Å². The maximum absolute atomic E-state index is 11.3. The number of alkyl carbamates (subject to hydrolysis) is 1. The molecular formula is C16H27N3O3. The second-order valence-electron chi connectivity index (χ2n) is 4.90. The van der Waals surface area contributed by atoms with Gasteiger partial charge in [-0.1, -0.05) is 36.0 Å². The Balaban J connectivity index is 3.94. The molecule has 22 heavy (non-hydrogen) atoms. The Morgan fingerprint density at radius 2 is 2.05 bits per heavy atom. The van der Waals surface area contributed by atoms with Crippen LogP contribution in [-0.2, 0) is 9.53 Å². The van der Waals surface area contributed by atoms with Gasteiger partial charge in [0.2, 0.25) is 0 Å². The first-order valence-corrected chi connectivity index (χ1v) is 7.31. The molecule has 0 saturated heterocycles. The summed E-state index contributed by atoms with van der Waals surface area (Å²) >= 11 is 0. The SMILES string of the molecule is C/C=C\C/C=C/C=C(\C)C[C@@H](N)COC(=O)NCC(=O)CN. The van der Waals surface area contributed by atoms with Crippen molar-refractivity contribution < 1.29 is 14.3 Å². The average Bonchev–Trinajstić information content (AvgIpc) is 2.50. The summed E-state index contributed by atoms with van der Waals surface area (Å²) in [6.45, 7) is 3.82. The second-order valence-corrected chi connectivity index (χ2v) is 4.90. The van der Waals surface area contributed by atoms with Crippen molar-refractivity contribution in [2.75, 3.05) is 19.7 Å². The molecule has 0 aliphatic heterocycles. The number of carbonyl (C=O) groups excluding carboxylic acids is 2. The molecular weight excluding hydrogens is 282 g/mol. The smallest absolute Gasteiger partial charge is 0.407 e. The zero-order chi connectivity index (χ0) is 16.8. The van der Waals surface area contributed by atoms with Crippen LogP contribution in [-0.4, -0.2) is 37.6 Å². The molecule has 124 valence electrons. The van der Waals surface area contributed by atoms with E-state index in [1.54, 1.807) is 0 Å². The molecule has 0 aromatic heterocycles. The summed E-state index contributed by atoms with van der Waals surface area (Å²) in [5.41, 5.74) is 12.1. The third kappa shape index (κ3) is 11.9. The molecule has 0 bridgehead atoms. The standard InChI is InChI=1S/C16H27N3O3/c1-3-4-5-6-7-8-13(2)9-14(18)12-22-16(21)19-11-15(20)10-17/h3-4,6-8,14H,5,9-12,17-18H2,1-2H3,(H,19,21)/b4-3-,7-6+,13-8+/t14-/m1/s1. The van der Waals surface area contributed by atoms with E-state index < -0.39 is 6.09 Å². The summed E-state index contributed by atoms with van der Waals surface area (Å²) in [7, 11) is 0. The maximum atomic E-state index is 11.3. The summed E-state index contributed by atoms with van der Waals surface area (Å²) in [6.07, 6.45) is 10.9. The number of carbonyl (C=O) groups is 2. The summed E-state index contributed by atoms with van der Waals surface area (Å²) < 4.78 is 4.93. The van der Waals surface area contributed by atoms with E-state index in [1.807, 2.05) is 38.2 Å². The first-order chi connectivity index (χ1) is 10.5. The van der Waals surface area contributed by atoms with Crippen molar-refractivity contribution in [3.8, 4) is 0 Å². The summed E-state index contributed by atoms with van der Waals surface area (Å²) in [4.78, 5) is 22.2. The number of hydrogen-bond acceptors (Lipinski definition) is 5. The van der Waals surface area contributed by atoms with Gasteiger partial charge in [0, 0.05) is 6.04 Å². The quantitative estimate of drug-likeness (QED) is 0.418. The molecule has 0 saturated carbocycles. The third-order valence-corrected chi connectivity index (χ3v) is 2.69. The van der Waals surface area contributed by atoms with Gasteiger partial charge >= 0.3 is 6.09 Å². The van der Waals surface area contributed by atoms with Crippen LogP contribution in [0.4, 0.5) is 4.79 Å². The largest absolute Gasteiger partial charge is 0.448 e. The average molecular weight is 309 g/mol. The second kappa shape index (κ2) is 12.8. The van der Waals surface area contributed by atoms with E-state index in [0.29, 0.717) is 6.42 Å². The van der Waals surface area contributed by atoms with E-state index in [1.165, 1.54) is 0 Å². The predicted molar refractivity (Wildman–Crippen MR) is 88.3 cm³/mol. The van der Waals surface area contributed by atoms with Crippen molar-refractivity contribution >= 4 is 11.9 Å². The van der Waals surface area contributed by atoms with Crippen molar-refractivity contribution in [2.45, 2.75) is 32.7 Å². The minimum absolute atomic E-state index is 0.0934. The molecule has 0 heterocycles. The number of amides is 1. The van der Waals surface area contributed by atoms with E-state index in [2.05, 4.69) is 11.4 Å². The first kappa shape index (κ1) is 20.1. The highest BCUT2D eigenvalue weighted by atomic mass is 16.5. The van der Waals surface area contributed by atoms with Crippen molar-refractivity contribution in [1.82, 2.24) is 5.32 Å². The van der Waals surface area contributed by atoms with Crippen molar-refractivity contribution in [1.29, 1.82) is 0 Å². The fourth-order valence-corrected chi connectivity index (χ4v) is 1.54. The van der Waals surface area contributed by atoms with Crippen LogP contribution in [0.2, 0.25) is 0 Å². The van der Waals surface area contributed by atoms with Crippen LogP contribution >= 0.6 is 0 Å². The molecule has 6 nitrogen and oxygen atoms in total. The van der Waals surface area contributed by atoms with Crippen LogP contribution < -0.4 is 16.8 Å². The number of Topliss-reactive ketones (excluding diaryl/α,β-unsaturated/α-hetero) is 1. The minimum atomic E-state index is -0.662. The summed E-state index contributed by atoms with van der Waals surface area (Å²) in [6, 6.07) is -0.281. The van der Waals surface area contributed by atoms with Crippen LogP contribution in [0.3, 0.4) is 0 Å². The highest BCUT2D eigenvalue weighted by molar-refractivity contribution is 5.85. The Labute approximate surface area is 132 Å². The lowest BCUT2D eigenvalue weighted by Crippen LogP contribution is -2.36. The number of ether oxygens (including phenoxy) is 1. The van der Waals surface area contributed by atoms with Gasteiger partial charge in [-0.15, -0.1) is 0 Å². The van der Waals surface area contributed by atoms with Gasteiger partial charge in [0.1, 0.15) is 6.61 Å². The lowest BCUT2D eigenvalue weighted by Gasteiger charge is -2.12. The number of allylic oxidation sites excluding steroid dienone is 5. The molecule has 0 aromatic carbocycles. The Kier molecular flexibility index (Phi) is 11.7. The molecule has 0 fully saturated rings. The number of rotatable bonds is 10. The third-order valence-electron chi connectivity index (χ3n) is 2.69.